The maximum absolute atomic E-state index is 12.8. The Morgan fingerprint density at radius 1 is 0.397 bits per heavy atom. The molecule has 0 aliphatic rings. The van der Waals surface area contributed by atoms with Crippen molar-refractivity contribution in [2.24, 2.45) is 0 Å². The quantitative estimate of drug-likeness (QED) is 0.0195. The van der Waals surface area contributed by atoms with Crippen molar-refractivity contribution in [3.05, 3.63) is 24.3 Å². The number of rotatable bonds is 64. The maximum Gasteiger partial charge on any atom is 0.306 e. The predicted octanol–water partition coefficient (Wildman–Crippen LogP) is 21.1. The van der Waals surface area contributed by atoms with Crippen LogP contribution in [0, 0.1) is 0 Å². The smallest absolute Gasteiger partial charge is 0.306 e. The van der Waals surface area contributed by atoms with Crippen molar-refractivity contribution >= 4 is 19.8 Å². The first kappa shape index (κ1) is 76.5. The maximum atomic E-state index is 12.8. The van der Waals surface area contributed by atoms with Gasteiger partial charge in [-0.3, -0.25) is 14.2 Å². The summed E-state index contributed by atoms with van der Waals surface area (Å²) in [6, 6.07) is 0. The van der Waals surface area contributed by atoms with Crippen molar-refractivity contribution in [1.29, 1.82) is 0 Å². The van der Waals surface area contributed by atoms with Gasteiger partial charge in [0.25, 0.3) is 7.82 Å². The van der Waals surface area contributed by atoms with E-state index in [9.17, 15) is 19.0 Å². The van der Waals surface area contributed by atoms with Gasteiger partial charge in [-0.05, 0) is 44.9 Å². The fourth-order valence-electron chi connectivity index (χ4n) is 10.2. The van der Waals surface area contributed by atoms with Crippen LogP contribution in [0.5, 0.6) is 0 Å². The van der Waals surface area contributed by atoms with Crippen molar-refractivity contribution in [3.63, 3.8) is 0 Å². The van der Waals surface area contributed by atoms with Gasteiger partial charge < -0.3 is 27.9 Å². The lowest BCUT2D eigenvalue weighted by molar-refractivity contribution is -0.870. The summed E-state index contributed by atoms with van der Waals surface area (Å²) in [5, 5.41) is 0. The van der Waals surface area contributed by atoms with Crippen molar-refractivity contribution < 1.29 is 42.1 Å². The third-order valence-electron chi connectivity index (χ3n) is 15.5. The summed E-state index contributed by atoms with van der Waals surface area (Å²) in [7, 11) is 1.19. The summed E-state index contributed by atoms with van der Waals surface area (Å²) in [5.41, 5.74) is 0. The highest BCUT2D eigenvalue weighted by Gasteiger charge is 2.22. The second kappa shape index (κ2) is 60.1. The van der Waals surface area contributed by atoms with E-state index in [-0.39, 0.29) is 32.0 Å². The van der Waals surface area contributed by atoms with Crippen molar-refractivity contribution in [3.8, 4) is 0 Å². The number of esters is 2. The lowest BCUT2D eigenvalue weighted by Gasteiger charge is -2.28. The Morgan fingerprint density at radius 2 is 0.692 bits per heavy atom. The number of ether oxygens (including phenoxy) is 2. The minimum atomic E-state index is -4.63. The summed E-state index contributed by atoms with van der Waals surface area (Å²) < 4.78 is 34.3. The summed E-state index contributed by atoms with van der Waals surface area (Å²) in [4.78, 5) is 37.9. The highest BCUT2D eigenvalue weighted by atomic mass is 31.2. The van der Waals surface area contributed by atoms with Crippen LogP contribution in [0.1, 0.15) is 348 Å². The summed E-state index contributed by atoms with van der Waals surface area (Å²) in [6.07, 6.45) is 74.1. The molecule has 0 aromatic rings. The van der Waals surface area contributed by atoms with Gasteiger partial charge in [-0.2, -0.15) is 0 Å². The van der Waals surface area contributed by atoms with Crippen LogP contribution in [0.25, 0.3) is 0 Å². The largest absolute Gasteiger partial charge is 0.756 e. The normalized spacial score (nSPS) is 13.3. The molecule has 2 atom stereocenters. The molecule has 10 heteroatoms. The Bertz CT molecular complexity index is 1370. The highest BCUT2D eigenvalue weighted by Crippen LogP contribution is 2.38. The van der Waals surface area contributed by atoms with Gasteiger partial charge in [-0.1, -0.05) is 314 Å². The van der Waals surface area contributed by atoms with E-state index in [1.807, 2.05) is 21.1 Å². The highest BCUT2D eigenvalue weighted by molar-refractivity contribution is 7.45. The van der Waals surface area contributed by atoms with Gasteiger partial charge in [0.2, 0.25) is 0 Å². The Labute approximate surface area is 485 Å². The van der Waals surface area contributed by atoms with E-state index < -0.39 is 26.5 Å². The zero-order chi connectivity index (χ0) is 57.0. The van der Waals surface area contributed by atoms with Crippen molar-refractivity contribution in [2.75, 3.05) is 47.5 Å². The number of allylic oxidation sites excluding steroid dienone is 4. The second-order valence-electron chi connectivity index (χ2n) is 24.6. The van der Waals surface area contributed by atoms with Gasteiger partial charge in [-0.25, -0.2) is 0 Å². The average molecular weight is 1120 g/mol. The number of hydrogen-bond acceptors (Lipinski definition) is 8. The third kappa shape index (κ3) is 63.7. The van der Waals surface area contributed by atoms with E-state index in [0.29, 0.717) is 17.4 Å². The second-order valence-corrected chi connectivity index (χ2v) is 26.0. The molecule has 0 amide bonds. The lowest BCUT2D eigenvalue weighted by atomic mass is 10.0. The molecule has 2 unspecified atom stereocenters. The minimum absolute atomic E-state index is 0.0263. The van der Waals surface area contributed by atoms with Crippen molar-refractivity contribution in [2.45, 2.75) is 354 Å². The van der Waals surface area contributed by atoms with Crippen LogP contribution in [0.3, 0.4) is 0 Å². The third-order valence-corrected chi connectivity index (χ3v) is 16.4. The number of carbonyl (C=O) groups excluding carboxylic acids is 2. The minimum Gasteiger partial charge on any atom is -0.756 e. The molecule has 462 valence electrons. The Morgan fingerprint density at radius 3 is 1.01 bits per heavy atom. The van der Waals surface area contributed by atoms with Gasteiger partial charge >= 0.3 is 11.9 Å². The molecular formula is C68H132NO8P. The summed E-state index contributed by atoms with van der Waals surface area (Å²) in [5.74, 6) is -0.810. The van der Waals surface area contributed by atoms with Crippen LogP contribution < -0.4 is 4.89 Å². The van der Waals surface area contributed by atoms with E-state index in [1.165, 1.54) is 276 Å². The van der Waals surface area contributed by atoms with Gasteiger partial charge in [0.05, 0.1) is 27.7 Å². The van der Waals surface area contributed by atoms with E-state index in [4.69, 9.17) is 18.5 Å². The van der Waals surface area contributed by atoms with Crippen LogP contribution in [0.4, 0.5) is 0 Å². The molecule has 0 heterocycles. The fraction of sp³-hybridized carbons (Fsp3) is 0.912. The standard InChI is InChI=1S/C68H132NO8P/c1-6-8-10-12-14-16-18-20-22-24-25-26-27-28-29-30-31-32-33-34-35-36-37-38-39-40-41-42-43-45-47-49-51-53-55-57-59-61-68(71)77-66(65-76-78(72,73)75-63-62-69(3,4)5)64-74-67(70)60-58-56-54-52-50-48-46-44-23-21-19-17-15-13-11-9-7-2/h18,20,24-25,66H,6-17,19,21-23,26-65H2,1-5H3/b20-18-,25-24-. The lowest BCUT2D eigenvalue weighted by Crippen LogP contribution is -2.37. The zero-order valence-corrected chi connectivity index (χ0v) is 53.5. The van der Waals surface area contributed by atoms with E-state index >= 15 is 0 Å². The van der Waals surface area contributed by atoms with Crippen LogP contribution >= 0.6 is 7.82 Å². The molecule has 0 saturated carbocycles. The molecule has 0 aliphatic heterocycles. The number of quaternary nitrogens is 1. The molecule has 0 aromatic carbocycles. The number of likely N-dealkylation sites (N-methyl/N-ethyl adjacent to an activating group) is 1. The molecule has 0 aliphatic carbocycles. The van der Waals surface area contributed by atoms with Crippen molar-refractivity contribution in [1.82, 2.24) is 0 Å². The first-order chi connectivity index (χ1) is 38.0. The summed E-state index contributed by atoms with van der Waals surface area (Å²) in [6.45, 7) is 4.30. The molecule has 0 bridgehead atoms. The summed E-state index contributed by atoms with van der Waals surface area (Å²) >= 11 is 0. The number of unbranched alkanes of at least 4 members (excludes halogenated alkanes) is 46. The monoisotopic (exact) mass is 1120 g/mol. The molecule has 0 spiro atoms. The topological polar surface area (TPSA) is 111 Å². The zero-order valence-electron chi connectivity index (χ0n) is 52.6. The van der Waals surface area contributed by atoms with Gasteiger partial charge in [0, 0.05) is 12.8 Å². The van der Waals surface area contributed by atoms with Crippen LogP contribution in [-0.4, -0.2) is 70.0 Å². The van der Waals surface area contributed by atoms with E-state index in [2.05, 4.69) is 38.2 Å². The van der Waals surface area contributed by atoms with Gasteiger partial charge in [0.15, 0.2) is 6.10 Å². The van der Waals surface area contributed by atoms with Crippen LogP contribution in [-0.2, 0) is 32.7 Å². The molecule has 0 rings (SSSR count). The first-order valence-electron chi connectivity index (χ1n) is 34.0. The molecule has 9 nitrogen and oxygen atoms in total. The number of carbonyl (C=O) groups is 2. The van der Waals surface area contributed by atoms with E-state index in [0.717, 1.165) is 38.5 Å². The van der Waals surface area contributed by atoms with E-state index in [1.54, 1.807) is 0 Å². The molecule has 0 fully saturated rings. The molecule has 0 radical (unpaired) electrons. The van der Waals surface area contributed by atoms with Gasteiger partial charge in [0.1, 0.15) is 19.8 Å². The Hall–Kier alpha value is -1.51. The van der Waals surface area contributed by atoms with Crippen LogP contribution in [0.15, 0.2) is 24.3 Å². The molecular weight excluding hydrogens is 990 g/mol. The van der Waals surface area contributed by atoms with Gasteiger partial charge in [-0.15, -0.1) is 0 Å². The van der Waals surface area contributed by atoms with Crippen LogP contribution in [0.2, 0.25) is 0 Å². The number of hydrogen-bond donors (Lipinski definition) is 0. The number of nitrogens with zero attached hydrogens (tertiary/aromatic N) is 1. The molecule has 78 heavy (non-hydrogen) atoms. The molecule has 0 saturated heterocycles. The fourth-order valence-corrected chi connectivity index (χ4v) is 10.9. The SMILES string of the molecule is CCCCCCC/C=C\C/C=C\CCCCCCCCCCCCCCCCCCCCCCCCCCCC(=O)OC(COC(=O)CCCCCCCCCCCCCCCCCCC)COP(=O)([O-])OCC[N+](C)(C)C. The predicted molar refractivity (Wildman–Crippen MR) is 333 cm³/mol. The first-order valence-corrected chi connectivity index (χ1v) is 35.5. The number of phosphoric acid groups is 1. The Balaban J connectivity index is 3.91. The average Bonchev–Trinajstić information content (AvgIpc) is 3.41. The molecule has 0 aromatic heterocycles. The molecule has 0 N–H and O–H groups in total. The number of phosphoric ester groups is 1. The Kier molecular flexibility index (Phi) is 58.9.